The number of nitrogens with zero attached hydrogens (tertiary/aromatic N) is 1. The third-order valence-electron chi connectivity index (χ3n) is 5.98. The molecule has 0 fully saturated rings. The van der Waals surface area contributed by atoms with E-state index < -0.39 is 6.04 Å². The molecule has 0 saturated carbocycles. The molecule has 2 aliphatic rings. The number of allylic oxidation sites excluding steroid dienone is 1. The van der Waals surface area contributed by atoms with Gasteiger partial charge in [0.05, 0.1) is 17.6 Å². The van der Waals surface area contributed by atoms with Gasteiger partial charge < -0.3 is 9.73 Å². The topological polar surface area (TPSA) is 79.6 Å². The van der Waals surface area contributed by atoms with Crippen molar-refractivity contribution in [3.63, 3.8) is 0 Å². The number of carbonyl (C=O) groups excluding carboxylic acids is 3. The lowest BCUT2D eigenvalue weighted by atomic mass is 9.88. The Hall–Kier alpha value is -3.93. The summed E-state index contributed by atoms with van der Waals surface area (Å²) in [7, 11) is 0. The molecule has 1 N–H and O–H groups in total. The third-order valence-corrected chi connectivity index (χ3v) is 5.98. The lowest BCUT2D eigenvalue weighted by molar-refractivity contribution is -0.117. The highest BCUT2D eigenvalue weighted by molar-refractivity contribution is 6.11. The van der Waals surface area contributed by atoms with Crippen LogP contribution in [0.15, 0.2) is 82.6 Å². The molecule has 0 saturated heterocycles. The fraction of sp³-hybridized carbons (Fsp3) is 0.192. The molecule has 2 heterocycles. The van der Waals surface area contributed by atoms with E-state index in [9.17, 15) is 14.4 Å². The third kappa shape index (κ3) is 3.34. The van der Waals surface area contributed by atoms with E-state index in [2.05, 4.69) is 5.32 Å². The molecule has 1 atom stereocenters. The van der Waals surface area contributed by atoms with Gasteiger partial charge in [-0.15, -0.1) is 0 Å². The van der Waals surface area contributed by atoms with E-state index in [1.807, 2.05) is 18.2 Å². The Bertz CT molecular complexity index is 1240. The van der Waals surface area contributed by atoms with Crippen molar-refractivity contribution in [2.45, 2.75) is 32.2 Å². The molecule has 32 heavy (non-hydrogen) atoms. The highest BCUT2D eigenvalue weighted by Gasteiger charge is 2.40. The highest BCUT2D eigenvalue weighted by atomic mass is 16.3. The molecule has 0 bridgehead atoms. The summed E-state index contributed by atoms with van der Waals surface area (Å²) in [6.07, 6.45) is 3.38. The average molecular weight is 426 g/mol. The van der Waals surface area contributed by atoms with Gasteiger partial charge in [-0.05, 0) is 43.2 Å². The van der Waals surface area contributed by atoms with E-state index in [1.165, 1.54) is 6.92 Å². The van der Waals surface area contributed by atoms with Gasteiger partial charge in [0.2, 0.25) is 5.91 Å². The Kier molecular flexibility index (Phi) is 4.98. The summed E-state index contributed by atoms with van der Waals surface area (Å²) in [6, 6.07) is 17.2. The fourth-order valence-corrected chi connectivity index (χ4v) is 4.55. The first-order valence-electron chi connectivity index (χ1n) is 10.6. The minimum Gasteiger partial charge on any atom is -0.467 e. The van der Waals surface area contributed by atoms with Crippen LogP contribution >= 0.6 is 0 Å². The number of amides is 1. The van der Waals surface area contributed by atoms with Crippen LogP contribution in [-0.2, 0) is 9.59 Å². The molecule has 0 radical (unpaired) electrons. The second kappa shape index (κ2) is 7.96. The Morgan fingerprint density at radius 2 is 1.81 bits per heavy atom. The van der Waals surface area contributed by atoms with Crippen LogP contribution in [0.2, 0.25) is 0 Å². The van der Waals surface area contributed by atoms with Crippen molar-refractivity contribution >= 4 is 28.8 Å². The SMILES string of the molecule is CC(=O)N1c2ccc(C(=O)c3ccccc3)cc2NC2=C(C(=O)CCC2)[C@@H]1c1ccco1. The number of nitrogens with one attached hydrogen (secondary N) is 1. The largest absolute Gasteiger partial charge is 0.467 e. The average Bonchev–Trinajstić information content (AvgIpc) is 3.28. The second-order valence-corrected chi connectivity index (χ2v) is 8.03. The molecule has 1 aliphatic carbocycles. The molecule has 1 aromatic heterocycles. The summed E-state index contributed by atoms with van der Waals surface area (Å²) in [5.74, 6) is 0.205. The van der Waals surface area contributed by atoms with E-state index in [0.29, 0.717) is 46.7 Å². The lowest BCUT2D eigenvalue weighted by Gasteiger charge is -2.31. The molecule has 1 aliphatic heterocycles. The van der Waals surface area contributed by atoms with Crippen molar-refractivity contribution in [1.82, 2.24) is 0 Å². The summed E-state index contributed by atoms with van der Waals surface area (Å²) >= 11 is 0. The number of carbonyl (C=O) groups is 3. The van der Waals surface area contributed by atoms with Crippen LogP contribution in [0.4, 0.5) is 11.4 Å². The van der Waals surface area contributed by atoms with Crippen molar-refractivity contribution in [2.24, 2.45) is 0 Å². The van der Waals surface area contributed by atoms with E-state index in [1.54, 1.807) is 53.6 Å². The summed E-state index contributed by atoms with van der Waals surface area (Å²) in [4.78, 5) is 40.5. The molecule has 1 amide bonds. The molecular weight excluding hydrogens is 404 g/mol. The number of rotatable bonds is 3. The number of Topliss-reactive ketones (excluding diaryl/α,β-unsaturated/α-hetero) is 1. The van der Waals surface area contributed by atoms with E-state index >= 15 is 0 Å². The molecule has 5 rings (SSSR count). The monoisotopic (exact) mass is 426 g/mol. The lowest BCUT2D eigenvalue weighted by Crippen LogP contribution is -2.36. The standard InChI is InChI=1S/C26H22N2O4/c1-16(29)28-21-13-12-18(26(31)17-7-3-2-4-8-17)15-20(21)27-19-9-5-10-22(30)24(19)25(28)23-11-6-14-32-23/h2-4,6-8,11-15,25,27H,5,9-10H2,1H3/t25-/m0/s1. The minimum atomic E-state index is -0.658. The van der Waals surface area contributed by atoms with Gasteiger partial charge in [0.15, 0.2) is 11.6 Å². The van der Waals surface area contributed by atoms with Crippen LogP contribution in [0.5, 0.6) is 0 Å². The van der Waals surface area contributed by atoms with Gasteiger partial charge in [0, 0.05) is 35.7 Å². The maximum Gasteiger partial charge on any atom is 0.224 e. The quantitative estimate of drug-likeness (QED) is 0.594. The van der Waals surface area contributed by atoms with Gasteiger partial charge in [-0.3, -0.25) is 19.3 Å². The predicted molar refractivity (Wildman–Crippen MR) is 120 cm³/mol. The molecule has 2 aromatic carbocycles. The van der Waals surface area contributed by atoms with Gasteiger partial charge in [0.1, 0.15) is 11.8 Å². The second-order valence-electron chi connectivity index (χ2n) is 8.03. The summed E-state index contributed by atoms with van der Waals surface area (Å²) in [6.45, 7) is 1.47. The van der Waals surface area contributed by atoms with Gasteiger partial charge in [-0.2, -0.15) is 0 Å². The first-order chi connectivity index (χ1) is 15.5. The van der Waals surface area contributed by atoms with Crippen molar-refractivity contribution in [3.05, 3.63) is 95.1 Å². The highest BCUT2D eigenvalue weighted by Crippen LogP contribution is 2.45. The molecule has 6 heteroatoms. The molecule has 0 unspecified atom stereocenters. The predicted octanol–water partition coefficient (Wildman–Crippen LogP) is 5.04. The maximum atomic E-state index is 13.0. The van der Waals surface area contributed by atoms with Crippen LogP contribution < -0.4 is 10.2 Å². The number of ketones is 2. The van der Waals surface area contributed by atoms with E-state index in [0.717, 1.165) is 12.1 Å². The zero-order chi connectivity index (χ0) is 22.2. The smallest absolute Gasteiger partial charge is 0.224 e. The Morgan fingerprint density at radius 1 is 1.00 bits per heavy atom. The van der Waals surface area contributed by atoms with Crippen molar-refractivity contribution < 1.29 is 18.8 Å². The Morgan fingerprint density at radius 3 is 2.53 bits per heavy atom. The van der Waals surface area contributed by atoms with Crippen LogP contribution in [-0.4, -0.2) is 17.5 Å². The number of anilines is 2. The molecule has 0 spiro atoms. The first-order valence-corrected chi connectivity index (χ1v) is 10.6. The first kappa shape index (κ1) is 20.0. The van der Waals surface area contributed by atoms with Crippen LogP contribution in [0, 0.1) is 0 Å². The minimum absolute atomic E-state index is 0.000193. The maximum absolute atomic E-state index is 13.0. The van der Waals surface area contributed by atoms with Gasteiger partial charge in [-0.1, -0.05) is 30.3 Å². The number of furan rings is 1. The van der Waals surface area contributed by atoms with Gasteiger partial charge in [-0.25, -0.2) is 0 Å². The van der Waals surface area contributed by atoms with Gasteiger partial charge in [0.25, 0.3) is 0 Å². The normalized spacial score (nSPS) is 17.8. The summed E-state index contributed by atoms with van der Waals surface area (Å²) in [5.41, 5.74) is 3.65. The number of fused-ring (bicyclic) bond motifs is 1. The fourth-order valence-electron chi connectivity index (χ4n) is 4.55. The summed E-state index contributed by atoms with van der Waals surface area (Å²) < 4.78 is 5.68. The van der Waals surface area contributed by atoms with E-state index in [4.69, 9.17) is 4.42 Å². The van der Waals surface area contributed by atoms with Crippen molar-refractivity contribution in [2.75, 3.05) is 10.2 Å². The van der Waals surface area contributed by atoms with Crippen molar-refractivity contribution in [1.29, 1.82) is 0 Å². The van der Waals surface area contributed by atoms with Crippen molar-refractivity contribution in [3.8, 4) is 0 Å². The zero-order valence-electron chi connectivity index (χ0n) is 17.6. The molecule has 6 nitrogen and oxygen atoms in total. The molecular formula is C26H22N2O4. The Balaban J connectivity index is 1.68. The summed E-state index contributed by atoms with van der Waals surface area (Å²) in [5, 5.41) is 3.39. The van der Waals surface area contributed by atoms with Gasteiger partial charge >= 0.3 is 0 Å². The van der Waals surface area contributed by atoms with Crippen LogP contribution in [0.1, 0.15) is 53.9 Å². The van der Waals surface area contributed by atoms with Crippen LogP contribution in [0.3, 0.4) is 0 Å². The number of hydrogen-bond donors (Lipinski definition) is 1. The molecule has 160 valence electrons. The zero-order valence-corrected chi connectivity index (χ0v) is 17.6. The molecule has 3 aromatic rings. The van der Waals surface area contributed by atoms with Crippen LogP contribution in [0.25, 0.3) is 0 Å². The number of benzene rings is 2. The van der Waals surface area contributed by atoms with E-state index in [-0.39, 0.29) is 17.5 Å². The Labute approximate surface area is 185 Å². The number of hydrogen-bond acceptors (Lipinski definition) is 5.